The van der Waals surface area contributed by atoms with Crippen molar-refractivity contribution in [2.45, 2.75) is 32.4 Å². The van der Waals surface area contributed by atoms with Crippen LogP contribution in [0.5, 0.6) is 28.7 Å². The molecule has 0 unspecified atom stereocenters. The summed E-state index contributed by atoms with van der Waals surface area (Å²) >= 11 is 0. The molecule has 0 saturated carbocycles. The largest absolute Gasteiger partial charge is 0.586 e. The van der Waals surface area contributed by atoms with E-state index in [1.807, 2.05) is 6.92 Å². The van der Waals surface area contributed by atoms with E-state index in [0.717, 1.165) is 5.56 Å². The molecule has 0 aromatic heterocycles. The van der Waals surface area contributed by atoms with Gasteiger partial charge in [-0.3, -0.25) is 0 Å². The summed E-state index contributed by atoms with van der Waals surface area (Å²) in [6.45, 7) is 3.53. The lowest BCUT2D eigenvalue weighted by Crippen LogP contribution is -2.26. The van der Waals surface area contributed by atoms with Gasteiger partial charge in [-0.05, 0) is 49.2 Å². The van der Waals surface area contributed by atoms with Gasteiger partial charge in [0, 0.05) is 0 Å². The highest BCUT2D eigenvalue weighted by atomic mass is 19.3. The van der Waals surface area contributed by atoms with Crippen LogP contribution < -0.4 is 23.7 Å². The number of methoxy groups -OCH3 is 2. The average Bonchev–Trinajstić information content (AvgIpc) is 2.94. The van der Waals surface area contributed by atoms with E-state index in [4.69, 9.17) is 14.2 Å². The summed E-state index contributed by atoms with van der Waals surface area (Å²) in [6.07, 6.45) is -5.57. The number of aliphatic hydroxyl groups is 1. The number of aryl methyl sites for hydroxylation is 1. The van der Waals surface area contributed by atoms with Crippen molar-refractivity contribution in [3.63, 3.8) is 0 Å². The Hall–Kier alpha value is -2.74. The number of benzene rings is 2. The summed E-state index contributed by atoms with van der Waals surface area (Å²) in [6, 6.07) is 7.63. The first-order chi connectivity index (χ1) is 12.7. The van der Waals surface area contributed by atoms with Crippen LogP contribution in [-0.2, 0) is 0 Å². The second kappa shape index (κ2) is 7.11. The molecule has 0 spiro atoms. The van der Waals surface area contributed by atoms with Gasteiger partial charge >= 0.3 is 6.29 Å². The molecule has 27 heavy (non-hydrogen) atoms. The maximum Gasteiger partial charge on any atom is 0.586 e. The summed E-state index contributed by atoms with van der Waals surface area (Å²) < 4.78 is 51.6. The average molecular weight is 382 g/mol. The molecule has 1 N–H and O–H groups in total. The molecule has 1 heterocycles. The van der Waals surface area contributed by atoms with Crippen molar-refractivity contribution in [2.24, 2.45) is 0 Å². The minimum Gasteiger partial charge on any atom is -0.493 e. The summed E-state index contributed by atoms with van der Waals surface area (Å²) in [5, 5.41) is 10.6. The van der Waals surface area contributed by atoms with E-state index in [1.165, 1.54) is 32.4 Å². The maximum atomic E-state index is 13.2. The fourth-order valence-electron chi connectivity index (χ4n) is 2.80. The standard InChI is InChI=1S/C19H20F2O6/c1-10-7-15(23-3)18(16(8-10)24-4)25-11(2)17(22)12-5-6-13-14(9-12)27-19(20,21)26-13/h5-9,11,17,22H,1-4H3/t11-,17+/m0/s1. The van der Waals surface area contributed by atoms with Gasteiger partial charge in [0.2, 0.25) is 5.75 Å². The molecule has 1 aliphatic heterocycles. The fraction of sp³-hybridized carbons (Fsp3) is 0.368. The van der Waals surface area contributed by atoms with Crippen molar-refractivity contribution >= 4 is 0 Å². The summed E-state index contributed by atoms with van der Waals surface area (Å²) in [7, 11) is 3.00. The number of fused-ring (bicyclic) bond motifs is 1. The monoisotopic (exact) mass is 382 g/mol. The zero-order chi connectivity index (χ0) is 19.8. The van der Waals surface area contributed by atoms with Gasteiger partial charge in [0.15, 0.2) is 23.0 Å². The van der Waals surface area contributed by atoms with Gasteiger partial charge in [0.1, 0.15) is 12.2 Å². The van der Waals surface area contributed by atoms with Crippen LogP contribution in [0.4, 0.5) is 8.78 Å². The minimum atomic E-state index is -3.71. The number of hydrogen-bond donors (Lipinski definition) is 1. The Labute approximate surface area is 155 Å². The van der Waals surface area contributed by atoms with Crippen molar-refractivity contribution in [1.29, 1.82) is 0 Å². The quantitative estimate of drug-likeness (QED) is 0.819. The van der Waals surface area contributed by atoms with E-state index in [1.54, 1.807) is 19.1 Å². The molecule has 2 aromatic rings. The second-order valence-corrected chi connectivity index (χ2v) is 6.14. The molecule has 0 radical (unpaired) electrons. The molecule has 0 aliphatic carbocycles. The lowest BCUT2D eigenvalue weighted by Gasteiger charge is -2.23. The molecule has 3 rings (SSSR count). The smallest absolute Gasteiger partial charge is 0.493 e. The van der Waals surface area contributed by atoms with Gasteiger partial charge in [-0.2, -0.15) is 0 Å². The molecule has 8 heteroatoms. The highest BCUT2D eigenvalue weighted by molar-refractivity contribution is 5.54. The SMILES string of the molecule is COc1cc(C)cc(OC)c1O[C@@H](C)[C@@H](O)c1ccc2c(c1)OC(F)(F)O2. The first-order valence-electron chi connectivity index (χ1n) is 8.21. The Bertz CT molecular complexity index is 814. The lowest BCUT2D eigenvalue weighted by molar-refractivity contribution is -0.286. The van der Waals surface area contributed by atoms with Crippen molar-refractivity contribution < 1.29 is 37.6 Å². The van der Waals surface area contributed by atoms with Gasteiger partial charge in [-0.25, -0.2) is 0 Å². The van der Waals surface area contributed by atoms with Crippen LogP contribution in [0, 0.1) is 6.92 Å². The summed E-state index contributed by atoms with van der Waals surface area (Å²) in [5.74, 6) is 1.01. The number of alkyl halides is 2. The molecule has 0 amide bonds. The predicted octanol–water partition coefficient (Wildman–Crippen LogP) is 3.83. The van der Waals surface area contributed by atoms with E-state index in [0.29, 0.717) is 22.8 Å². The van der Waals surface area contributed by atoms with Crippen LogP contribution in [0.25, 0.3) is 0 Å². The number of ether oxygens (including phenoxy) is 5. The minimum absolute atomic E-state index is 0.0913. The van der Waals surface area contributed by atoms with Crippen molar-refractivity contribution in [1.82, 2.24) is 0 Å². The molecule has 146 valence electrons. The molecule has 0 saturated heterocycles. The molecule has 2 atom stereocenters. The molecule has 1 aliphatic rings. The Balaban J connectivity index is 1.83. The van der Waals surface area contributed by atoms with Crippen LogP contribution in [0.2, 0.25) is 0 Å². The van der Waals surface area contributed by atoms with Gasteiger partial charge in [-0.15, -0.1) is 8.78 Å². The predicted molar refractivity (Wildman–Crippen MR) is 92.0 cm³/mol. The first-order valence-corrected chi connectivity index (χ1v) is 8.21. The molecular formula is C19H20F2O6. The van der Waals surface area contributed by atoms with E-state index in [9.17, 15) is 13.9 Å². The Morgan fingerprint density at radius 3 is 2.19 bits per heavy atom. The highest BCUT2D eigenvalue weighted by Crippen LogP contribution is 2.43. The normalized spacial score (nSPS) is 16.6. The molecule has 0 fully saturated rings. The fourth-order valence-corrected chi connectivity index (χ4v) is 2.80. The van der Waals surface area contributed by atoms with E-state index in [-0.39, 0.29) is 11.5 Å². The van der Waals surface area contributed by atoms with E-state index >= 15 is 0 Å². The Kier molecular flexibility index (Phi) is 5.01. The van der Waals surface area contributed by atoms with Gasteiger partial charge < -0.3 is 28.8 Å². The maximum absolute atomic E-state index is 13.2. The number of halogens is 2. The topological polar surface area (TPSA) is 66.4 Å². The Morgan fingerprint density at radius 2 is 1.59 bits per heavy atom. The van der Waals surface area contributed by atoms with Gasteiger partial charge in [0.05, 0.1) is 14.2 Å². The third-order valence-corrected chi connectivity index (χ3v) is 4.12. The second-order valence-electron chi connectivity index (χ2n) is 6.14. The Morgan fingerprint density at radius 1 is 1.00 bits per heavy atom. The third kappa shape index (κ3) is 3.85. The van der Waals surface area contributed by atoms with Crippen molar-refractivity contribution in [3.05, 3.63) is 41.5 Å². The van der Waals surface area contributed by atoms with Gasteiger partial charge in [0.25, 0.3) is 0 Å². The number of hydrogen-bond acceptors (Lipinski definition) is 6. The molecule has 2 aromatic carbocycles. The zero-order valence-electron chi connectivity index (χ0n) is 15.3. The van der Waals surface area contributed by atoms with E-state index < -0.39 is 18.5 Å². The zero-order valence-corrected chi connectivity index (χ0v) is 15.3. The van der Waals surface area contributed by atoms with Crippen LogP contribution in [0.1, 0.15) is 24.2 Å². The van der Waals surface area contributed by atoms with Crippen LogP contribution in [0.3, 0.4) is 0 Å². The highest BCUT2D eigenvalue weighted by Gasteiger charge is 2.43. The van der Waals surface area contributed by atoms with Crippen molar-refractivity contribution in [3.8, 4) is 28.7 Å². The van der Waals surface area contributed by atoms with E-state index in [2.05, 4.69) is 9.47 Å². The van der Waals surface area contributed by atoms with Crippen LogP contribution in [0.15, 0.2) is 30.3 Å². The number of aliphatic hydroxyl groups excluding tert-OH is 1. The third-order valence-electron chi connectivity index (χ3n) is 4.12. The lowest BCUT2D eigenvalue weighted by atomic mass is 10.0. The van der Waals surface area contributed by atoms with Crippen molar-refractivity contribution in [2.75, 3.05) is 14.2 Å². The molecule has 6 nitrogen and oxygen atoms in total. The van der Waals surface area contributed by atoms with Gasteiger partial charge in [-0.1, -0.05) is 6.07 Å². The van der Waals surface area contributed by atoms with Crippen LogP contribution >= 0.6 is 0 Å². The molecule has 0 bridgehead atoms. The first kappa shape index (κ1) is 19.0. The summed E-state index contributed by atoms with van der Waals surface area (Å²) in [5.41, 5.74) is 1.26. The van der Waals surface area contributed by atoms with Crippen LogP contribution in [-0.4, -0.2) is 31.7 Å². The molecular weight excluding hydrogens is 362 g/mol. The number of rotatable bonds is 6. The summed E-state index contributed by atoms with van der Waals surface area (Å²) in [4.78, 5) is 0.